The molecule has 0 aromatic heterocycles. The molecule has 14 heavy (non-hydrogen) atoms. The molecule has 3 atom stereocenters. The quantitative estimate of drug-likeness (QED) is 0.656. The molecule has 2 rings (SSSR count). The number of hydrogen-bond donors (Lipinski definition) is 1. The fraction of sp³-hybridized carbons (Fsp3) is 0.909. The predicted molar refractivity (Wildman–Crippen MR) is 52.0 cm³/mol. The van der Waals surface area contributed by atoms with Crippen LogP contribution in [0.4, 0.5) is 0 Å². The normalized spacial score (nSPS) is 49.6. The molecule has 0 aromatic rings. The highest BCUT2D eigenvalue weighted by Crippen LogP contribution is 2.67. The van der Waals surface area contributed by atoms with Crippen LogP contribution in [0.15, 0.2) is 0 Å². The van der Waals surface area contributed by atoms with Gasteiger partial charge in [-0.3, -0.25) is 0 Å². The molecule has 1 heterocycles. The highest BCUT2D eigenvalue weighted by atomic mass is 16.7. The second kappa shape index (κ2) is 2.32. The summed E-state index contributed by atoms with van der Waals surface area (Å²) in [6.45, 7) is 8.02. The highest BCUT2D eigenvalue weighted by molar-refractivity contribution is 5.84. The SMILES string of the molecule is CC1CCC(C)(C)C2(C(=O)O)OC12C. The molecule has 1 aliphatic heterocycles. The first-order valence-corrected chi connectivity index (χ1v) is 5.21. The zero-order valence-corrected chi connectivity index (χ0v) is 9.26. The van der Waals surface area contributed by atoms with Crippen molar-refractivity contribution in [2.75, 3.05) is 0 Å². The number of carbonyl (C=O) groups is 1. The maximum atomic E-state index is 11.4. The molecule has 0 radical (unpaired) electrons. The fourth-order valence-electron chi connectivity index (χ4n) is 3.12. The minimum atomic E-state index is -0.933. The summed E-state index contributed by atoms with van der Waals surface area (Å²) in [4.78, 5) is 11.4. The van der Waals surface area contributed by atoms with Gasteiger partial charge in [0.25, 0.3) is 0 Å². The largest absolute Gasteiger partial charge is 0.479 e. The van der Waals surface area contributed by atoms with Crippen molar-refractivity contribution in [1.82, 2.24) is 0 Å². The molecular formula is C11H18O3. The molecule has 3 unspecified atom stereocenters. The van der Waals surface area contributed by atoms with Crippen molar-refractivity contribution in [3.05, 3.63) is 0 Å². The first-order chi connectivity index (χ1) is 6.28. The minimum Gasteiger partial charge on any atom is -0.479 e. The Morgan fingerprint density at radius 1 is 1.43 bits per heavy atom. The third-order valence-electron chi connectivity index (χ3n) is 4.42. The van der Waals surface area contributed by atoms with Crippen LogP contribution in [-0.4, -0.2) is 22.3 Å². The maximum Gasteiger partial charge on any atom is 0.339 e. The summed E-state index contributed by atoms with van der Waals surface area (Å²) in [6.07, 6.45) is 1.98. The Morgan fingerprint density at radius 2 is 2.00 bits per heavy atom. The van der Waals surface area contributed by atoms with E-state index in [1.807, 2.05) is 20.8 Å². The van der Waals surface area contributed by atoms with Crippen molar-refractivity contribution >= 4 is 5.97 Å². The second-order valence-corrected chi connectivity index (χ2v) is 5.52. The predicted octanol–water partition coefficient (Wildman–Crippen LogP) is 2.05. The van der Waals surface area contributed by atoms with Gasteiger partial charge in [-0.25, -0.2) is 4.79 Å². The molecule has 3 nitrogen and oxygen atoms in total. The van der Waals surface area contributed by atoms with E-state index in [9.17, 15) is 9.90 Å². The standard InChI is InChI=1S/C11H18O3/c1-7-5-6-9(2,3)11(8(12)13)10(7,4)14-11/h7H,5-6H2,1-4H3,(H,12,13). The molecule has 0 bridgehead atoms. The van der Waals surface area contributed by atoms with Crippen molar-refractivity contribution in [1.29, 1.82) is 0 Å². The number of carboxylic acid groups (broad SMARTS) is 1. The van der Waals surface area contributed by atoms with Crippen LogP contribution in [0.3, 0.4) is 0 Å². The number of fused-ring (bicyclic) bond motifs is 1. The van der Waals surface area contributed by atoms with Gasteiger partial charge in [-0.05, 0) is 25.7 Å². The Hall–Kier alpha value is -0.570. The summed E-state index contributed by atoms with van der Waals surface area (Å²) < 4.78 is 5.64. The monoisotopic (exact) mass is 198 g/mol. The molecule has 0 spiro atoms. The summed E-state index contributed by atoms with van der Waals surface area (Å²) in [7, 11) is 0. The van der Waals surface area contributed by atoms with Crippen LogP contribution in [0.5, 0.6) is 0 Å². The van der Waals surface area contributed by atoms with Gasteiger partial charge in [0.05, 0.1) is 0 Å². The summed E-state index contributed by atoms with van der Waals surface area (Å²) >= 11 is 0. The van der Waals surface area contributed by atoms with E-state index in [1.54, 1.807) is 0 Å². The second-order valence-electron chi connectivity index (χ2n) is 5.52. The van der Waals surface area contributed by atoms with Crippen LogP contribution in [-0.2, 0) is 9.53 Å². The number of ether oxygens (including phenoxy) is 1. The molecule has 1 saturated heterocycles. The first kappa shape index (κ1) is 9.97. The van der Waals surface area contributed by atoms with Gasteiger partial charge < -0.3 is 9.84 Å². The van der Waals surface area contributed by atoms with Gasteiger partial charge in [0.1, 0.15) is 5.60 Å². The molecule has 0 amide bonds. The third kappa shape index (κ3) is 0.800. The maximum absolute atomic E-state index is 11.4. The smallest absolute Gasteiger partial charge is 0.339 e. The molecule has 0 aromatic carbocycles. The van der Waals surface area contributed by atoms with Gasteiger partial charge >= 0.3 is 5.97 Å². The van der Waals surface area contributed by atoms with E-state index in [0.717, 1.165) is 12.8 Å². The lowest BCUT2D eigenvalue weighted by Crippen LogP contribution is -2.51. The number of epoxide rings is 1. The van der Waals surface area contributed by atoms with Gasteiger partial charge in [0, 0.05) is 5.41 Å². The summed E-state index contributed by atoms with van der Waals surface area (Å²) in [5, 5.41) is 9.33. The Labute approximate surface area is 84.4 Å². The Bertz CT molecular complexity index is 297. The van der Waals surface area contributed by atoms with Crippen molar-refractivity contribution in [2.45, 2.75) is 51.7 Å². The van der Waals surface area contributed by atoms with Gasteiger partial charge in [-0.2, -0.15) is 0 Å². The van der Waals surface area contributed by atoms with Crippen LogP contribution in [0.2, 0.25) is 0 Å². The van der Waals surface area contributed by atoms with Gasteiger partial charge in [-0.1, -0.05) is 20.8 Å². The van der Waals surface area contributed by atoms with E-state index in [1.165, 1.54) is 0 Å². The molecule has 1 saturated carbocycles. The first-order valence-electron chi connectivity index (χ1n) is 5.21. The Kier molecular flexibility index (Phi) is 1.65. The number of carboxylic acids is 1. The van der Waals surface area contributed by atoms with Gasteiger partial charge in [-0.15, -0.1) is 0 Å². The summed E-state index contributed by atoms with van der Waals surface area (Å²) in [5.74, 6) is -0.455. The molecular weight excluding hydrogens is 180 g/mol. The van der Waals surface area contributed by atoms with Crippen LogP contribution in [0.25, 0.3) is 0 Å². The van der Waals surface area contributed by atoms with Crippen LogP contribution >= 0.6 is 0 Å². The topological polar surface area (TPSA) is 49.8 Å². The molecule has 2 aliphatic rings. The summed E-state index contributed by atoms with van der Waals surface area (Å²) in [5.41, 5.74) is -1.63. The van der Waals surface area contributed by atoms with Crippen LogP contribution in [0, 0.1) is 11.3 Å². The third-order valence-corrected chi connectivity index (χ3v) is 4.42. The van der Waals surface area contributed by atoms with E-state index in [-0.39, 0.29) is 5.41 Å². The van der Waals surface area contributed by atoms with Crippen molar-refractivity contribution in [3.63, 3.8) is 0 Å². The zero-order valence-electron chi connectivity index (χ0n) is 9.26. The van der Waals surface area contributed by atoms with Crippen molar-refractivity contribution < 1.29 is 14.6 Å². The van der Waals surface area contributed by atoms with Crippen LogP contribution in [0.1, 0.15) is 40.5 Å². The Morgan fingerprint density at radius 3 is 2.43 bits per heavy atom. The van der Waals surface area contributed by atoms with E-state index in [0.29, 0.717) is 5.92 Å². The number of aliphatic carboxylic acids is 1. The van der Waals surface area contributed by atoms with Crippen LogP contribution < -0.4 is 0 Å². The highest BCUT2D eigenvalue weighted by Gasteiger charge is 2.81. The Balaban J connectivity index is 2.44. The molecule has 1 aliphatic carbocycles. The molecule has 2 fully saturated rings. The minimum absolute atomic E-state index is 0.250. The average molecular weight is 198 g/mol. The molecule has 1 N–H and O–H groups in total. The molecule has 80 valence electrons. The zero-order chi connectivity index (χ0) is 10.8. The lowest BCUT2D eigenvalue weighted by atomic mass is 9.61. The van der Waals surface area contributed by atoms with E-state index < -0.39 is 17.2 Å². The van der Waals surface area contributed by atoms with Crippen molar-refractivity contribution in [3.8, 4) is 0 Å². The average Bonchev–Trinajstić information content (AvgIpc) is 2.71. The number of hydrogen-bond acceptors (Lipinski definition) is 2. The summed E-state index contributed by atoms with van der Waals surface area (Å²) in [6, 6.07) is 0. The fourth-order valence-corrected chi connectivity index (χ4v) is 3.12. The van der Waals surface area contributed by atoms with E-state index >= 15 is 0 Å². The number of rotatable bonds is 1. The lowest BCUT2D eigenvalue weighted by molar-refractivity contribution is -0.149. The van der Waals surface area contributed by atoms with Gasteiger partial charge in [0.15, 0.2) is 5.60 Å². The lowest BCUT2D eigenvalue weighted by Gasteiger charge is -2.38. The molecule has 3 heteroatoms. The van der Waals surface area contributed by atoms with E-state index in [2.05, 4.69) is 6.92 Å². The van der Waals surface area contributed by atoms with Crippen molar-refractivity contribution in [2.24, 2.45) is 11.3 Å². The van der Waals surface area contributed by atoms with E-state index in [4.69, 9.17) is 4.74 Å². The van der Waals surface area contributed by atoms with Gasteiger partial charge in [0.2, 0.25) is 0 Å².